The fourth-order valence-electron chi connectivity index (χ4n) is 2.66. The van der Waals surface area contributed by atoms with Crippen molar-refractivity contribution in [3.8, 4) is 11.5 Å². The van der Waals surface area contributed by atoms with Crippen LogP contribution in [0.4, 0.5) is 6.01 Å². The number of benzene rings is 2. The van der Waals surface area contributed by atoms with Crippen molar-refractivity contribution < 1.29 is 9.21 Å². The minimum Gasteiger partial charge on any atom is -0.403 e. The van der Waals surface area contributed by atoms with E-state index in [0.717, 1.165) is 10.5 Å². The summed E-state index contributed by atoms with van der Waals surface area (Å²) in [5.74, 6) is 0.101. The zero-order valence-electron chi connectivity index (χ0n) is 16.8. The minimum absolute atomic E-state index is 0.0405. The average Bonchev–Trinajstić information content (AvgIpc) is 3.09. The van der Waals surface area contributed by atoms with E-state index in [4.69, 9.17) is 4.42 Å². The van der Waals surface area contributed by atoms with Gasteiger partial charge in [0.25, 0.3) is 5.91 Å². The Bertz CT molecular complexity index is 956. The van der Waals surface area contributed by atoms with Crippen LogP contribution in [0.3, 0.4) is 0 Å². The second-order valence-electron chi connectivity index (χ2n) is 7.89. The van der Waals surface area contributed by atoms with Gasteiger partial charge >= 0.3 is 6.01 Å². The maximum atomic E-state index is 12.5. The quantitative estimate of drug-likeness (QED) is 0.554. The summed E-state index contributed by atoms with van der Waals surface area (Å²) in [4.78, 5) is 13.6. The van der Waals surface area contributed by atoms with E-state index in [9.17, 15) is 4.79 Å². The Balaban J connectivity index is 1.71. The van der Waals surface area contributed by atoms with E-state index in [1.807, 2.05) is 30.3 Å². The predicted molar refractivity (Wildman–Crippen MR) is 114 cm³/mol. The summed E-state index contributed by atoms with van der Waals surface area (Å²) in [5.41, 5.74) is 2.58. The number of carbonyl (C=O) groups is 1. The van der Waals surface area contributed by atoms with Crippen LogP contribution in [0.25, 0.3) is 11.5 Å². The number of anilines is 1. The molecule has 0 saturated heterocycles. The lowest BCUT2D eigenvalue weighted by atomic mass is 9.87. The van der Waals surface area contributed by atoms with Crippen molar-refractivity contribution in [2.45, 2.75) is 50.2 Å². The lowest BCUT2D eigenvalue weighted by molar-refractivity contribution is 0.102. The van der Waals surface area contributed by atoms with Gasteiger partial charge in [0.15, 0.2) is 0 Å². The molecule has 0 fully saturated rings. The zero-order valence-corrected chi connectivity index (χ0v) is 17.6. The summed E-state index contributed by atoms with van der Waals surface area (Å²) in [6, 6.07) is 15.6. The molecule has 0 atom stereocenters. The van der Waals surface area contributed by atoms with E-state index in [-0.39, 0.29) is 17.3 Å². The van der Waals surface area contributed by atoms with E-state index in [1.54, 1.807) is 23.9 Å². The van der Waals surface area contributed by atoms with Crippen LogP contribution >= 0.6 is 11.8 Å². The highest BCUT2D eigenvalue weighted by Crippen LogP contribution is 2.28. The third-order valence-corrected chi connectivity index (χ3v) is 5.11. The topological polar surface area (TPSA) is 68.0 Å². The van der Waals surface area contributed by atoms with Crippen molar-refractivity contribution in [2.75, 3.05) is 5.32 Å². The molecule has 0 aliphatic rings. The zero-order chi connectivity index (χ0) is 20.3. The first-order valence-corrected chi connectivity index (χ1v) is 10.1. The molecule has 28 heavy (non-hydrogen) atoms. The van der Waals surface area contributed by atoms with Gasteiger partial charge in [0.05, 0.1) is 0 Å². The fraction of sp³-hybridized carbons (Fsp3) is 0.318. The van der Waals surface area contributed by atoms with Gasteiger partial charge in [0.2, 0.25) is 5.89 Å². The van der Waals surface area contributed by atoms with E-state index >= 15 is 0 Å². The molecule has 3 aromatic rings. The van der Waals surface area contributed by atoms with Gasteiger partial charge in [-0.25, -0.2) is 0 Å². The molecule has 3 rings (SSSR count). The Hall–Kier alpha value is -2.60. The van der Waals surface area contributed by atoms with Crippen molar-refractivity contribution in [2.24, 2.45) is 0 Å². The Kier molecular flexibility index (Phi) is 5.89. The Morgan fingerprint density at radius 1 is 1.07 bits per heavy atom. The lowest BCUT2D eigenvalue weighted by Crippen LogP contribution is -2.14. The summed E-state index contributed by atoms with van der Waals surface area (Å²) in [6.45, 7) is 10.7. The van der Waals surface area contributed by atoms with E-state index < -0.39 is 0 Å². The predicted octanol–water partition coefficient (Wildman–Crippen LogP) is 5.79. The minimum atomic E-state index is -0.278. The molecule has 6 heteroatoms. The summed E-state index contributed by atoms with van der Waals surface area (Å²) < 4.78 is 5.64. The van der Waals surface area contributed by atoms with Gasteiger partial charge in [-0.05, 0) is 41.3 Å². The van der Waals surface area contributed by atoms with Crippen molar-refractivity contribution in [1.82, 2.24) is 10.2 Å². The summed E-state index contributed by atoms with van der Waals surface area (Å²) in [6.07, 6.45) is 0. The van der Waals surface area contributed by atoms with E-state index in [1.165, 1.54) is 5.56 Å². The summed E-state index contributed by atoms with van der Waals surface area (Å²) >= 11 is 1.77. The smallest absolute Gasteiger partial charge is 0.322 e. The van der Waals surface area contributed by atoms with Crippen LogP contribution in [0.1, 0.15) is 50.5 Å². The molecule has 1 aromatic heterocycles. The number of aromatic nitrogens is 2. The third-order valence-electron chi connectivity index (χ3n) is 4.11. The van der Waals surface area contributed by atoms with Gasteiger partial charge < -0.3 is 4.42 Å². The number of nitrogens with one attached hydrogen (secondary N) is 1. The van der Waals surface area contributed by atoms with Crippen LogP contribution in [0.5, 0.6) is 0 Å². The molecular formula is C22H25N3O2S. The highest BCUT2D eigenvalue weighted by atomic mass is 32.2. The van der Waals surface area contributed by atoms with Gasteiger partial charge in [-0.15, -0.1) is 16.9 Å². The molecule has 0 unspecified atom stereocenters. The van der Waals surface area contributed by atoms with Gasteiger partial charge in [0, 0.05) is 21.3 Å². The van der Waals surface area contributed by atoms with Crippen LogP contribution in [0, 0.1) is 0 Å². The van der Waals surface area contributed by atoms with E-state index in [2.05, 4.69) is 56.2 Å². The third kappa shape index (κ3) is 5.01. The number of hydrogen-bond donors (Lipinski definition) is 1. The standard InChI is InChI=1S/C22H25N3O2S/c1-14(2)28-18-8-6-7-16(13-18)20-24-25-21(27-20)23-19(26)15-9-11-17(12-10-15)22(3,4)5/h6-14H,1-5H3,(H,23,25,26). The van der Waals surface area contributed by atoms with E-state index in [0.29, 0.717) is 16.7 Å². The van der Waals surface area contributed by atoms with Crippen LogP contribution in [-0.2, 0) is 5.41 Å². The molecule has 0 aliphatic heterocycles. The first-order valence-electron chi connectivity index (χ1n) is 9.25. The first kappa shape index (κ1) is 20.1. The van der Waals surface area contributed by atoms with Crippen molar-refractivity contribution >= 4 is 23.7 Å². The van der Waals surface area contributed by atoms with Crippen molar-refractivity contribution in [3.63, 3.8) is 0 Å². The van der Waals surface area contributed by atoms with Crippen molar-refractivity contribution in [1.29, 1.82) is 0 Å². The maximum absolute atomic E-state index is 12.5. The van der Waals surface area contributed by atoms with Crippen LogP contribution < -0.4 is 5.32 Å². The second-order valence-corrected chi connectivity index (χ2v) is 9.54. The second kappa shape index (κ2) is 8.19. The van der Waals surface area contributed by atoms with Crippen LogP contribution in [-0.4, -0.2) is 21.4 Å². The van der Waals surface area contributed by atoms with Gasteiger partial charge in [-0.1, -0.05) is 57.9 Å². The number of nitrogens with zero attached hydrogens (tertiary/aromatic N) is 2. The van der Waals surface area contributed by atoms with Gasteiger partial charge in [-0.3, -0.25) is 10.1 Å². The SMILES string of the molecule is CC(C)Sc1cccc(-c2nnc(NC(=O)c3ccc(C(C)(C)C)cc3)o2)c1. The highest BCUT2D eigenvalue weighted by Gasteiger charge is 2.16. The number of hydrogen-bond acceptors (Lipinski definition) is 5. The first-order chi connectivity index (χ1) is 13.2. The molecule has 146 valence electrons. The monoisotopic (exact) mass is 395 g/mol. The average molecular weight is 396 g/mol. The Morgan fingerprint density at radius 2 is 1.79 bits per heavy atom. The number of thioether (sulfide) groups is 1. The van der Waals surface area contributed by atoms with Gasteiger partial charge in [0.1, 0.15) is 0 Å². The normalized spacial score (nSPS) is 11.6. The molecule has 0 spiro atoms. The highest BCUT2D eigenvalue weighted by molar-refractivity contribution is 7.99. The molecule has 2 aromatic carbocycles. The molecule has 0 saturated carbocycles. The fourth-order valence-corrected chi connectivity index (χ4v) is 3.55. The number of amides is 1. The molecule has 5 nitrogen and oxygen atoms in total. The van der Waals surface area contributed by atoms with Crippen LogP contribution in [0.15, 0.2) is 57.8 Å². The molecular weight excluding hydrogens is 370 g/mol. The molecule has 0 radical (unpaired) electrons. The Morgan fingerprint density at radius 3 is 2.43 bits per heavy atom. The molecule has 1 N–H and O–H groups in total. The molecule has 0 bridgehead atoms. The molecule has 1 heterocycles. The van der Waals surface area contributed by atoms with Gasteiger partial charge in [-0.2, -0.15) is 0 Å². The summed E-state index contributed by atoms with van der Waals surface area (Å²) in [5, 5.41) is 11.2. The van der Waals surface area contributed by atoms with Crippen molar-refractivity contribution in [3.05, 3.63) is 59.7 Å². The number of rotatable bonds is 5. The van der Waals surface area contributed by atoms with Crippen LogP contribution in [0.2, 0.25) is 0 Å². The largest absolute Gasteiger partial charge is 0.403 e. The Labute approximate surface area is 170 Å². The maximum Gasteiger partial charge on any atom is 0.322 e. The molecule has 0 aliphatic carbocycles. The lowest BCUT2D eigenvalue weighted by Gasteiger charge is -2.18. The number of carbonyl (C=O) groups excluding carboxylic acids is 1. The molecule has 1 amide bonds. The summed E-state index contributed by atoms with van der Waals surface area (Å²) in [7, 11) is 0.